The van der Waals surface area contributed by atoms with E-state index in [9.17, 15) is 9.69 Å². The zero-order chi connectivity index (χ0) is 11.1. The molecule has 0 aliphatic carbocycles. The van der Waals surface area contributed by atoms with Crippen molar-refractivity contribution in [3.8, 4) is 0 Å². The molecule has 3 atom stereocenters. The van der Waals surface area contributed by atoms with Crippen molar-refractivity contribution in [2.24, 2.45) is 4.74 Å². The van der Waals surface area contributed by atoms with Crippen LogP contribution in [0.3, 0.4) is 0 Å². The number of carboxylic acid groups (broad SMARTS) is 1. The van der Waals surface area contributed by atoms with Crippen molar-refractivity contribution in [3.63, 3.8) is 0 Å². The van der Waals surface area contributed by atoms with Crippen LogP contribution in [0.4, 0.5) is 0 Å². The van der Waals surface area contributed by atoms with E-state index in [0.29, 0.717) is 0 Å². The quantitative estimate of drug-likeness (QED) is 0.376. The van der Waals surface area contributed by atoms with Gasteiger partial charge >= 0.3 is 5.97 Å². The molecule has 0 saturated carbocycles. The number of rotatable bonds is 6. The minimum absolute atomic E-state index is 0.310. The van der Waals surface area contributed by atoms with Crippen LogP contribution in [-0.4, -0.2) is 57.9 Å². The molecule has 0 heterocycles. The first-order chi connectivity index (χ1) is 6.51. The largest absolute Gasteiger partial charge is 0.612 e. The van der Waals surface area contributed by atoms with Gasteiger partial charge in [-0.25, -0.2) is 4.79 Å². The molecule has 2 unspecified atom stereocenters. The van der Waals surface area contributed by atoms with Crippen molar-refractivity contribution < 1.29 is 30.1 Å². The second-order valence-electron chi connectivity index (χ2n) is 2.52. The molecule has 0 aromatic heterocycles. The van der Waals surface area contributed by atoms with Crippen LogP contribution in [0.2, 0.25) is 0 Å². The minimum Gasteiger partial charge on any atom is -0.612 e. The summed E-state index contributed by atoms with van der Waals surface area (Å²) in [6, 6.07) is -1.44. The Labute approximate surface area is 81.2 Å². The molecule has 0 spiro atoms. The van der Waals surface area contributed by atoms with Crippen LogP contribution >= 0.6 is 7.94 Å². The van der Waals surface area contributed by atoms with E-state index in [0.717, 1.165) is 0 Å². The molecule has 82 valence electrons. The normalized spacial score (nSPS) is 16.4. The molecule has 0 radical (unpaired) electrons. The van der Waals surface area contributed by atoms with E-state index in [2.05, 4.69) is 4.74 Å². The van der Waals surface area contributed by atoms with Crippen LogP contribution in [0.1, 0.15) is 0 Å². The number of aliphatic hydroxyl groups is 3. The Hall–Kier alpha value is -0.590. The lowest BCUT2D eigenvalue weighted by Gasteiger charge is -2.04. The fourth-order valence-electron chi connectivity index (χ4n) is 0.605. The summed E-state index contributed by atoms with van der Waals surface area (Å²) in [5.74, 6) is -1.38. The second kappa shape index (κ2) is 6.80. The maximum absolute atomic E-state index is 11.0. The van der Waals surface area contributed by atoms with Gasteiger partial charge in [0.2, 0.25) is 6.04 Å². The maximum Gasteiger partial charge on any atom is 0.335 e. The summed E-state index contributed by atoms with van der Waals surface area (Å²) in [4.78, 5) is 21.3. The number of aliphatic carboxylic acids is 1. The first-order valence-electron chi connectivity index (χ1n) is 3.79. The highest BCUT2D eigenvalue weighted by molar-refractivity contribution is 7.39. The van der Waals surface area contributed by atoms with E-state index in [1.165, 1.54) is 0 Å². The molecule has 0 saturated heterocycles. The summed E-state index contributed by atoms with van der Waals surface area (Å²) >= 11 is 0. The van der Waals surface area contributed by atoms with Crippen molar-refractivity contribution in [2.45, 2.75) is 12.1 Å². The van der Waals surface area contributed by atoms with Crippen LogP contribution in [-0.2, 0) is 4.79 Å². The van der Waals surface area contributed by atoms with E-state index >= 15 is 0 Å². The summed E-state index contributed by atoms with van der Waals surface area (Å²) in [5.41, 5.74) is 0. The van der Waals surface area contributed by atoms with Crippen LogP contribution in [0.15, 0.2) is 4.74 Å². The monoisotopic (exact) mass is 225 g/mol. The Kier molecular flexibility index (Phi) is 6.52. The Morgan fingerprint density at radius 2 is 2.00 bits per heavy atom. The van der Waals surface area contributed by atoms with Gasteiger partial charge in [0.1, 0.15) is 6.10 Å². The van der Waals surface area contributed by atoms with Crippen molar-refractivity contribution >= 4 is 13.9 Å². The van der Waals surface area contributed by atoms with Crippen LogP contribution in [0.5, 0.6) is 0 Å². The van der Waals surface area contributed by atoms with Crippen LogP contribution in [0, 0.1) is 0 Å². The van der Waals surface area contributed by atoms with E-state index in [4.69, 9.17) is 20.4 Å². The highest BCUT2D eigenvalue weighted by Gasteiger charge is 2.20. The van der Waals surface area contributed by atoms with Crippen molar-refractivity contribution in [3.05, 3.63) is 0 Å². The lowest BCUT2D eigenvalue weighted by Crippen LogP contribution is -2.23. The number of aliphatic hydroxyl groups excluding tert-OH is 3. The van der Waals surface area contributed by atoms with E-state index in [1.807, 2.05) is 0 Å². The lowest BCUT2D eigenvalue weighted by molar-refractivity contribution is -0.158. The Morgan fingerprint density at radius 3 is 2.36 bits per heavy atom. The van der Waals surface area contributed by atoms with E-state index in [-0.39, 0.29) is 6.16 Å². The molecule has 14 heavy (non-hydrogen) atoms. The molecule has 0 aliphatic rings. The van der Waals surface area contributed by atoms with Crippen molar-refractivity contribution in [1.29, 1.82) is 0 Å². The number of carboxylic acids is 1. The predicted molar refractivity (Wildman–Crippen MR) is 45.8 cm³/mol. The minimum atomic E-state index is -2.28. The van der Waals surface area contributed by atoms with Crippen molar-refractivity contribution in [1.82, 2.24) is 0 Å². The molecule has 0 bridgehead atoms. The zero-order valence-electron chi connectivity index (χ0n) is 7.28. The number of hydrogen-bond acceptors (Lipinski definition) is 6. The summed E-state index contributed by atoms with van der Waals surface area (Å²) in [7, 11) is -2.28. The van der Waals surface area contributed by atoms with Gasteiger partial charge in [0, 0.05) is 0 Å². The highest BCUT2D eigenvalue weighted by atomic mass is 31.1. The summed E-state index contributed by atoms with van der Waals surface area (Å²) in [6.07, 6.45) is -1.49. The molecule has 0 aliphatic heterocycles. The van der Waals surface area contributed by atoms with Crippen LogP contribution < -0.4 is 4.89 Å². The Balaban J connectivity index is 4.25. The third-order valence-corrected chi connectivity index (χ3v) is 2.57. The molecule has 0 fully saturated rings. The van der Waals surface area contributed by atoms with E-state index < -0.39 is 39.3 Å². The average molecular weight is 225 g/mol. The number of nitrogens with zero attached hydrogens (tertiary/aromatic N) is 1. The number of carbonyl (C=O) groups is 1. The lowest BCUT2D eigenvalue weighted by atomic mass is 10.3. The number of hydrogen-bond donors (Lipinski definition) is 4. The molecular formula is C6H12NO6P. The molecule has 7 nitrogen and oxygen atoms in total. The van der Waals surface area contributed by atoms with Gasteiger partial charge in [-0.3, -0.25) is 0 Å². The smallest absolute Gasteiger partial charge is 0.335 e. The standard InChI is InChI=1S/C6H12NO6P/c8-1-4(10)3-14(13)7-5(2-9)6(11)12/h4-5,8-10H,1-3H2,(H,11,12)/t4?,5-/m0/s1. The Morgan fingerprint density at radius 1 is 1.43 bits per heavy atom. The van der Waals surface area contributed by atoms with E-state index in [1.54, 1.807) is 0 Å². The van der Waals surface area contributed by atoms with Gasteiger partial charge < -0.3 is 25.3 Å². The molecular weight excluding hydrogens is 213 g/mol. The SMILES string of the molecule is O=C(O)[C@H](CO)/N=[P+](\[O-])CC(O)CO. The van der Waals surface area contributed by atoms with Crippen molar-refractivity contribution in [2.75, 3.05) is 19.4 Å². The molecule has 8 heteroatoms. The van der Waals surface area contributed by atoms with Gasteiger partial charge in [-0.2, -0.15) is 0 Å². The van der Waals surface area contributed by atoms with Gasteiger partial charge in [-0.15, -0.1) is 0 Å². The first-order valence-corrected chi connectivity index (χ1v) is 5.19. The molecule has 0 amide bonds. The first kappa shape index (κ1) is 13.4. The molecule has 4 N–H and O–H groups in total. The van der Waals surface area contributed by atoms with Gasteiger partial charge in [-0.05, 0) is 0 Å². The summed E-state index contributed by atoms with van der Waals surface area (Å²) in [5, 5.41) is 34.2. The van der Waals surface area contributed by atoms with Crippen LogP contribution in [0.25, 0.3) is 0 Å². The fraction of sp³-hybridized carbons (Fsp3) is 0.833. The Bertz CT molecular complexity index is 220. The highest BCUT2D eigenvalue weighted by Crippen LogP contribution is 2.17. The van der Waals surface area contributed by atoms with Gasteiger partial charge in [0.05, 0.1) is 13.2 Å². The molecule has 0 aromatic rings. The van der Waals surface area contributed by atoms with Gasteiger partial charge in [-0.1, -0.05) is 4.74 Å². The fourth-order valence-corrected chi connectivity index (χ4v) is 1.66. The van der Waals surface area contributed by atoms with Gasteiger partial charge in [0.25, 0.3) is 0 Å². The zero-order valence-corrected chi connectivity index (χ0v) is 8.17. The maximum atomic E-state index is 11.0. The second-order valence-corrected chi connectivity index (χ2v) is 3.82. The molecule has 0 rings (SSSR count). The third-order valence-electron chi connectivity index (χ3n) is 1.30. The van der Waals surface area contributed by atoms with Gasteiger partial charge in [0.15, 0.2) is 14.1 Å². The third kappa shape index (κ3) is 5.21. The topological polar surface area (TPSA) is 133 Å². The molecule has 0 aromatic carbocycles. The summed E-state index contributed by atoms with van der Waals surface area (Å²) < 4.78 is 3.27. The predicted octanol–water partition coefficient (Wildman–Crippen LogP) is -2.27. The average Bonchev–Trinajstić information content (AvgIpc) is 2.13. The summed E-state index contributed by atoms with van der Waals surface area (Å²) in [6.45, 7) is -1.31.